The van der Waals surface area contributed by atoms with Gasteiger partial charge in [0.1, 0.15) is 6.04 Å². The number of rotatable bonds is 9. The van der Waals surface area contributed by atoms with Crippen LogP contribution < -0.4 is 5.32 Å². The van der Waals surface area contributed by atoms with E-state index in [1.54, 1.807) is 11.8 Å². The van der Waals surface area contributed by atoms with Crippen LogP contribution in [0.2, 0.25) is 0 Å². The first-order chi connectivity index (χ1) is 17.4. The quantitative estimate of drug-likeness (QED) is 0.488. The Hall–Kier alpha value is -2.62. The van der Waals surface area contributed by atoms with Crippen LogP contribution in [0.4, 0.5) is 13.2 Å². The van der Waals surface area contributed by atoms with Gasteiger partial charge in [0.25, 0.3) is 5.91 Å². The third-order valence-electron chi connectivity index (χ3n) is 7.73. The van der Waals surface area contributed by atoms with Crippen molar-refractivity contribution in [1.82, 2.24) is 15.1 Å². The SMILES string of the molecule is CCOC(=O)CC[C@H]1C[C@H](N(C)C(C)C)CC[C@@H]1N1CC[C@H](NC(=O)c2cccc(C(F)(F)F)c2)C1=O. The Morgan fingerprint density at radius 1 is 1.22 bits per heavy atom. The fourth-order valence-corrected chi connectivity index (χ4v) is 5.52. The van der Waals surface area contributed by atoms with Crippen molar-refractivity contribution in [2.45, 2.75) is 89.6 Å². The van der Waals surface area contributed by atoms with Gasteiger partial charge in [0, 0.05) is 36.7 Å². The highest BCUT2D eigenvalue weighted by Gasteiger charge is 2.43. The van der Waals surface area contributed by atoms with Crippen LogP contribution in [0.5, 0.6) is 0 Å². The molecule has 37 heavy (non-hydrogen) atoms. The van der Waals surface area contributed by atoms with Gasteiger partial charge in [-0.05, 0) is 84.0 Å². The number of carbonyl (C=O) groups excluding carboxylic acids is 3. The van der Waals surface area contributed by atoms with Gasteiger partial charge in [-0.1, -0.05) is 6.07 Å². The molecule has 1 aliphatic heterocycles. The minimum absolute atomic E-state index is 0.0609. The van der Waals surface area contributed by atoms with E-state index in [9.17, 15) is 27.6 Å². The zero-order valence-electron chi connectivity index (χ0n) is 22.0. The number of benzene rings is 1. The Bertz CT molecular complexity index is 968. The Balaban J connectivity index is 1.69. The van der Waals surface area contributed by atoms with E-state index >= 15 is 0 Å². The second-order valence-electron chi connectivity index (χ2n) is 10.3. The minimum atomic E-state index is -4.56. The van der Waals surface area contributed by atoms with Gasteiger partial charge in [-0.15, -0.1) is 0 Å². The van der Waals surface area contributed by atoms with E-state index in [2.05, 4.69) is 31.1 Å². The molecule has 0 aromatic heterocycles. The molecule has 2 amide bonds. The second kappa shape index (κ2) is 12.3. The summed E-state index contributed by atoms with van der Waals surface area (Å²) in [6.45, 7) is 6.83. The summed E-state index contributed by atoms with van der Waals surface area (Å²) >= 11 is 0. The van der Waals surface area contributed by atoms with Crippen molar-refractivity contribution < 1.29 is 32.3 Å². The molecule has 0 spiro atoms. The Morgan fingerprint density at radius 3 is 2.59 bits per heavy atom. The smallest absolute Gasteiger partial charge is 0.416 e. The number of carbonyl (C=O) groups is 3. The summed E-state index contributed by atoms with van der Waals surface area (Å²) in [4.78, 5) is 42.2. The summed E-state index contributed by atoms with van der Waals surface area (Å²) in [7, 11) is 2.10. The lowest BCUT2D eigenvalue weighted by Gasteiger charge is -2.44. The first-order valence-electron chi connectivity index (χ1n) is 13.1. The van der Waals surface area contributed by atoms with Crippen molar-refractivity contribution >= 4 is 17.8 Å². The molecule has 2 fully saturated rings. The van der Waals surface area contributed by atoms with Crippen molar-refractivity contribution in [2.75, 3.05) is 20.2 Å². The molecule has 1 saturated heterocycles. The highest BCUT2D eigenvalue weighted by molar-refractivity contribution is 5.98. The summed E-state index contributed by atoms with van der Waals surface area (Å²) in [6, 6.07) is 4.06. The van der Waals surface area contributed by atoms with Gasteiger partial charge in [0.05, 0.1) is 12.2 Å². The van der Waals surface area contributed by atoms with E-state index in [0.29, 0.717) is 38.1 Å². The number of amides is 2. The van der Waals surface area contributed by atoms with E-state index in [1.165, 1.54) is 12.1 Å². The normalized spacial score (nSPS) is 24.6. The zero-order chi connectivity index (χ0) is 27.3. The fraction of sp³-hybridized carbons (Fsp3) is 0.667. The molecule has 1 N–H and O–H groups in total. The second-order valence-corrected chi connectivity index (χ2v) is 10.3. The number of hydrogen-bond donors (Lipinski definition) is 1. The lowest BCUT2D eigenvalue weighted by atomic mass is 9.77. The third kappa shape index (κ3) is 7.24. The van der Waals surface area contributed by atoms with Gasteiger partial charge >= 0.3 is 12.1 Å². The molecule has 0 unspecified atom stereocenters. The molecular formula is C27H38F3N3O4. The van der Waals surface area contributed by atoms with Crippen molar-refractivity contribution in [3.05, 3.63) is 35.4 Å². The molecule has 1 aliphatic carbocycles. The van der Waals surface area contributed by atoms with Crippen molar-refractivity contribution in [3.63, 3.8) is 0 Å². The molecular weight excluding hydrogens is 487 g/mol. The topological polar surface area (TPSA) is 79.0 Å². The first-order valence-corrected chi connectivity index (χ1v) is 13.1. The average molecular weight is 526 g/mol. The Labute approximate surface area is 216 Å². The summed E-state index contributed by atoms with van der Waals surface area (Å²) in [5.41, 5.74) is -1.04. The molecule has 3 rings (SSSR count). The number of ether oxygens (including phenoxy) is 1. The minimum Gasteiger partial charge on any atom is -0.466 e. The first kappa shape index (κ1) is 28.9. The molecule has 1 saturated carbocycles. The Kier molecular flexibility index (Phi) is 9.61. The van der Waals surface area contributed by atoms with Crippen LogP contribution in [-0.2, 0) is 20.5 Å². The number of nitrogens with one attached hydrogen (secondary N) is 1. The number of likely N-dealkylation sites (tertiary alicyclic amines) is 1. The molecule has 0 radical (unpaired) electrons. The third-order valence-corrected chi connectivity index (χ3v) is 7.73. The van der Waals surface area contributed by atoms with E-state index in [-0.39, 0.29) is 35.8 Å². The van der Waals surface area contributed by atoms with Crippen LogP contribution in [0.25, 0.3) is 0 Å². The molecule has 1 aromatic carbocycles. The predicted molar refractivity (Wildman–Crippen MR) is 133 cm³/mol. The standard InChI is InChI=1S/C27H38F3N3O4/c1-5-37-24(34)12-9-18-16-21(32(4)17(2)3)10-11-23(18)33-14-13-22(26(33)36)31-25(35)19-7-6-8-20(15-19)27(28,29)30/h6-8,15,17-18,21-23H,5,9-14,16H2,1-4H3,(H,31,35)/t18-,21+,22-,23-/m0/s1. The van der Waals surface area contributed by atoms with Crippen LogP contribution in [0.15, 0.2) is 24.3 Å². The van der Waals surface area contributed by atoms with Crippen molar-refractivity contribution in [2.24, 2.45) is 5.92 Å². The van der Waals surface area contributed by atoms with Gasteiger partial charge in [0.2, 0.25) is 5.91 Å². The van der Waals surface area contributed by atoms with Gasteiger partial charge < -0.3 is 19.9 Å². The molecule has 7 nitrogen and oxygen atoms in total. The molecule has 4 atom stereocenters. The highest BCUT2D eigenvalue weighted by atomic mass is 19.4. The van der Waals surface area contributed by atoms with Crippen LogP contribution in [0, 0.1) is 5.92 Å². The number of halogens is 3. The van der Waals surface area contributed by atoms with Crippen LogP contribution in [0.3, 0.4) is 0 Å². The zero-order valence-corrected chi connectivity index (χ0v) is 22.0. The molecule has 2 aliphatic rings. The monoisotopic (exact) mass is 525 g/mol. The number of nitrogens with zero attached hydrogens (tertiary/aromatic N) is 2. The maximum absolute atomic E-state index is 13.3. The summed E-state index contributed by atoms with van der Waals surface area (Å²) in [6.07, 6.45) is -0.724. The summed E-state index contributed by atoms with van der Waals surface area (Å²) in [5, 5.41) is 2.64. The molecule has 0 bridgehead atoms. The van der Waals surface area contributed by atoms with Gasteiger partial charge in [-0.25, -0.2) is 0 Å². The highest BCUT2D eigenvalue weighted by Crippen LogP contribution is 2.36. The average Bonchev–Trinajstić information content (AvgIpc) is 3.21. The Morgan fingerprint density at radius 2 is 1.95 bits per heavy atom. The number of hydrogen-bond acceptors (Lipinski definition) is 5. The van der Waals surface area contributed by atoms with Crippen LogP contribution >= 0.6 is 0 Å². The lowest BCUT2D eigenvalue weighted by molar-refractivity contribution is -0.143. The predicted octanol–water partition coefficient (Wildman–Crippen LogP) is 4.26. The van der Waals surface area contributed by atoms with Crippen molar-refractivity contribution in [1.29, 1.82) is 0 Å². The molecule has 1 heterocycles. The van der Waals surface area contributed by atoms with Crippen molar-refractivity contribution in [3.8, 4) is 0 Å². The maximum atomic E-state index is 13.3. The number of alkyl halides is 3. The molecule has 206 valence electrons. The molecule has 10 heteroatoms. The van der Waals surface area contributed by atoms with Gasteiger partial charge in [-0.2, -0.15) is 13.2 Å². The van der Waals surface area contributed by atoms with E-state index in [0.717, 1.165) is 31.4 Å². The van der Waals surface area contributed by atoms with E-state index < -0.39 is 23.7 Å². The number of esters is 1. The fourth-order valence-electron chi connectivity index (χ4n) is 5.52. The van der Waals surface area contributed by atoms with E-state index in [4.69, 9.17) is 4.74 Å². The summed E-state index contributed by atoms with van der Waals surface area (Å²) < 4.78 is 44.2. The largest absolute Gasteiger partial charge is 0.466 e. The van der Waals surface area contributed by atoms with Gasteiger partial charge in [-0.3, -0.25) is 14.4 Å². The molecule has 1 aromatic rings. The van der Waals surface area contributed by atoms with E-state index in [1.807, 2.05) is 0 Å². The maximum Gasteiger partial charge on any atom is 0.416 e. The van der Waals surface area contributed by atoms with Gasteiger partial charge in [0.15, 0.2) is 0 Å². The summed E-state index contributed by atoms with van der Waals surface area (Å²) in [5.74, 6) is -1.07. The lowest BCUT2D eigenvalue weighted by Crippen LogP contribution is -2.51. The van der Waals surface area contributed by atoms with Crippen LogP contribution in [0.1, 0.15) is 75.2 Å². The van der Waals surface area contributed by atoms with Crippen LogP contribution in [-0.4, -0.2) is 72.0 Å².